The van der Waals surface area contributed by atoms with Gasteiger partial charge in [0, 0.05) is 5.56 Å². The second-order valence-corrected chi connectivity index (χ2v) is 7.74. The molecule has 0 radical (unpaired) electrons. The zero-order chi connectivity index (χ0) is 16.2. The molecule has 3 aromatic carbocycles. The fraction of sp³-hybridized carbons (Fsp3) is 0.0952. The van der Waals surface area contributed by atoms with Gasteiger partial charge in [-0.25, -0.2) is 4.99 Å². The maximum Gasteiger partial charge on any atom is 0.216 e. The second kappa shape index (κ2) is 6.98. The third-order valence-corrected chi connectivity index (χ3v) is 6.49. The summed E-state index contributed by atoms with van der Waals surface area (Å²) in [6.07, 6.45) is 0. The van der Waals surface area contributed by atoms with Gasteiger partial charge in [-0.2, -0.15) is 0 Å². The summed E-state index contributed by atoms with van der Waals surface area (Å²) in [6.45, 7) is 1.43. The molecular weight excluding hydrogens is 313 g/mol. The summed E-state index contributed by atoms with van der Waals surface area (Å²) in [5.74, 6) is 0.782. The highest BCUT2D eigenvalue weighted by molar-refractivity contribution is 7.80. The van der Waals surface area contributed by atoms with Crippen molar-refractivity contribution in [1.29, 1.82) is 0 Å². The highest BCUT2D eigenvalue weighted by Crippen LogP contribution is 2.34. The Balaban J connectivity index is 1.89. The Morgan fingerprint density at radius 2 is 1.29 bits per heavy atom. The lowest BCUT2D eigenvalue weighted by molar-refractivity contribution is 0.348. The van der Waals surface area contributed by atoms with E-state index in [4.69, 9.17) is 4.74 Å². The van der Waals surface area contributed by atoms with Gasteiger partial charge in [-0.05, 0) is 29.9 Å². The van der Waals surface area contributed by atoms with Crippen LogP contribution >= 0.6 is 7.92 Å². The van der Waals surface area contributed by atoms with Crippen molar-refractivity contribution in [3.8, 4) is 0 Å². The van der Waals surface area contributed by atoms with Crippen LogP contribution in [0.3, 0.4) is 0 Å². The van der Waals surface area contributed by atoms with Crippen LogP contribution in [0.25, 0.3) is 0 Å². The molecule has 0 aromatic heterocycles. The molecule has 0 spiro atoms. The van der Waals surface area contributed by atoms with Crippen LogP contribution in [0.5, 0.6) is 0 Å². The Morgan fingerprint density at radius 3 is 1.88 bits per heavy atom. The summed E-state index contributed by atoms with van der Waals surface area (Å²) >= 11 is 0. The summed E-state index contributed by atoms with van der Waals surface area (Å²) < 4.78 is 5.76. The standard InChI is InChI=1S/C21H18NOP/c1-3-9-17(10-4-1)24(18-11-5-2-6-12-18)20-14-8-7-13-19(20)21-22-15-16-23-21/h1-14H,15-16H2. The molecular formula is C21H18NOP. The Bertz CT molecular complexity index is 806. The Labute approximate surface area is 143 Å². The topological polar surface area (TPSA) is 21.6 Å². The molecule has 0 fully saturated rings. The van der Waals surface area contributed by atoms with Crippen LogP contribution in [0.15, 0.2) is 89.9 Å². The van der Waals surface area contributed by atoms with E-state index in [2.05, 4.69) is 89.9 Å². The molecule has 3 heteroatoms. The van der Waals surface area contributed by atoms with Crippen molar-refractivity contribution >= 4 is 29.7 Å². The number of rotatable bonds is 4. The number of hydrogen-bond donors (Lipinski definition) is 0. The van der Waals surface area contributed by atoms with Gasteiger partial charge in [0.25, 0.3) is 0 Å². The zero-order valence-corrected chi connectivity index (χ0v) is 14.2. The normalized spacial score (nSPS) is 13.6. The van der Waals surface area contributed by atoms with E-state index < -0.39 is 7.92 Å². The Hall–Kier alpha value is -2.44. The molecule has 1 heterocycles. The lowest BCUT2D eigenvalue weighted by Crippen LogP contribution is -2.25. The minimum absolute atomic E-state index is 0.644. The van der Waals surface area contributed by atoms with Crippen LogP contribution in [0.1, 0.15) is 5.56 Å². The first-order valence-electron chi connectivity index (χ1n) is 8.10. The molecule has 2 nitrogen and oxygen atoms in total. The molecule has 1 aliphatic rings. The van der Waals surface area contributed by atoms with Crippen molar-refractivity contribution in [1.82, 2.24) is 0 Å². The van der Waals surface area contributed by atoms with Crippen LogP contribution in [-0.2, 0) is 4.74 Å². The van der Waals surface area contributed by atoms with Crippen molar-refractivity contribution in [2.45, 2.75) is 0 Å². The molecule has 24 heavy (non-hydrogen) atoms. The van der Waals surface area contributed by atoms with Gasteiger partial charge in [0.1, 0.15) is 6.61 Å². The van der Waals surface area contributed by atoms with Gasteiger partial charge in [0.15, 0.2) is 0 Å². The van der Waals surface area contributed by atoms with Gasteiger partial charge in [0.05, 0.1) is 6.54 Å². The maximum absolute atomic E-state index is 5.76. The second-order valence-electron chi connectivity index (χ2n) is 5.56. The van der Waals surface area contributed by atoms with Crippen molar-refractivity contribution in [2.24, 2.45) is 4.99 Å². The van der Waals surface area contributed by atoms with Crippen molar-refractivity contribution in [2.75, 3.05) is 13.2 Å². The van der Waals surface area contributed by atoms with Gasteiger partial charge < -0.3 is 4.74 Å². The van der Waals surface area contributed by atoms with E-state index in [1.54, 1.807) is 0 Å². The fourth-order valence-corrected chi connectivity index (χ4v) is 5.37. The number of nitrogens with zero attached hydrogens (tertiary/aromatic N) is 1. The third kappa shape index (κ3) is 2.98. The molecule has 0 N–H and O–H groups in total. The van der Waals surface area contributed by atoms with Gasteiger partial charge in [-0.1, -0.05) is 78.9 Å². The van der Waals surface area contributed by atoms with Crippen molar-refractivity contribution in [3.63, 3.8) is 0 Å². The monoisotopic (exact) mass is 331 g/mol. The molecule has 0 bridgehead atoms. The highest BCUT2D eigenvalue weighted by atomic mass is 31.1. The average Bonchev–Trinajstić information content (AvgIpc) is 3.19. The molecule has 0 saturated carbocycles. The Kier molecular flexibility index (Phi) is 4.40. The molecule has 0 amide bonds. The summed E-state index contributed by atoms with van der Waals surface area (Å²) in [7, 11) is -0.644. The summed E-state index contributed by atoms with van der Waals surface area (Å²) in [5.41, 5.74) is 1.12. The van der Waals surface area contributed by atoms with Crippen LogP contribution in [0, 0.1) is 0 Å². The quantitative estimate of drug-likeness (QED) is 0.673. The van der Waals surface area contributed by atoms with Crippen LogP contribution in [0.4, 0.5) is 0 Å². The molecule has 3 aromatic rings. The molecule has 118 valence electrons. The molecule has 4 rings (SSSR count). The minimum Gasteiger partial charge on any atom is -0.475 e. The molecule has 0 unspecified atom stereocenters. The van der Waals surface area contributed by atoms with Gasteiger partial charge in [0.2, 0.25) is 5.90 Å². The van der Waals surface area contributed by atoms with Crippen molar-refractivity contribution in [3.05, 3.63) is 90.5 Å². The highest BCUT2D eigenvalue weighted by Gasteiger charge is 2.22. The summed E-state index contributed by atoms with van der Waals surface area (Å²) in [6, 6.07) is 29.9. The van der Waals surface area contributed by atoms with E-state index in [-0.39, 0.29) is 0 Å². The van der Waals surface area contributed by atoms with Gasteiger partial charge in [-0.15, -0.1) is 0 Å². The van der Waals surface area contributed by atoms with E-state index in [0.29, 0.717) is 6.61 Å². The minimum atomic E-state index is -0.644. The first kappa shape index (κ1) is 15.1. The molecule has 0 aliphatic carbocycles. The third-order valence-electron chi connectivity index (χ3n) is 3.99. The van der Waals surface area contributed by atoms with Crippen LogP contribution in [0.2, 0.25) is 0 Å². The van der Waals surface area contributed by atoms with E-state index in [0.717, 1.165) is 18.0 Å². The first-order valence-corrected chi connectivity index (χ1v) is 9.44. The van der Waals surface area contributed by atoms with Crippen molar-refractivity contribution < 1.29 is 4.74 Å². The number of aliphatic imine (C=N–C) groups is 1. The summed E-state index contributed by atoms with van der Waals surface area (Å²) in [5, 5.41) is 3.97. The number of benzene rings is 3. The lowest BCUT2D eigenvalue weighted by Gasteiger charge is -2.22. The predicted molar refractivity (Wildman–Crippen MR) is 103 cm³/mol. The largest absolute Gasteiger partial charge is 0.475 e. The number of ether oxygens (including phenoxy) is 1. The van der Waals surface area contributed by atoms with Crippen LogP contribution in [-0.4, -0.2) is 19.0 Å². The van der Waals surface area contributed by atoms with E-state index >= 15 is 0 Å². The average molecular weight is 331 g/mol. The smallest absolute Gasteiger partial charge is 0.216 e. The Morgan fingerprint density at radius 1 is 0.708 bits per heavy atom. The van der Waals surface area contributed by atoms with E-state index in [9.17, 15) is 0 Å². The lowest BCUT2D eigenvalue weighted by atomic mass is 10.2. The first-order chi connectivity index (χ1) is 11.9. The number of hydrogen-bond acceptors (Lipinski definition) is 2. The molecule has 1 aliphatic heterocycles. The fourth-order valence-electron chi connectivity index (χ4n) is 2.93. The SMILES string of the molecule is c1ccc(P(c2ccccc2)c2ccccc2C2=NCCO2)cc1. The van der Waals surface area contributed by atoms with Gasteiger partial charge >= 0.3 is 0 Å². The van der Waals surface area contributed by atoms with Crippen LogP contribution < -0.4 is 15.9 Å². The van der Waals surface area contributed by atoms with Gasteiger partial charge in [-0.3, -0.25) is 0 Å². The molecule has 0 saturated heterocycles. The summed E-state index contributed by atoms with van der Waals surface area (Å²) in [4.78, 5) is 4.54. The van der Waals surface area contributed by atoms with E-state index in [1.807, 2.05) is 0 Å². The zero-order valence-electron chi connectivity index (χ0n) is 13.3. The molecule has 0 atom stereocenters. The van der Waals surface area contributed by atoms with E-state index in [1.165, 1.54) is 15.9 Å². The predicted octanol–water partition coefficient (Wildman–Crippen LogP) is 3.22. The maximum atomic E-state index is 5.76.